The molecule has 0 radical (unpaired) electrons. The van der Waals surface area contributed by atoms with Crippen LogP contribution < -0.4 is 31.5 Å². The van der Waals surface area contributed by atoms with Crippen molar-refractivity contribution < 1.29 is 41.5 Å². The van der Waals surface area contributed by atoms with Crippen molar-refractivity contribution in [2.45, 2.75) is 43.9 Å². The zero-order valence-corrected chi connectivity index (χ0v) is 30.4. The normalized spacial score (nSPS) is 18.3. The number of amides is 5. The summed E-state index contributed by atoms with van der Waals surface area (Å²) in [6, 6.07) is 14.2. The molecule has 5 heterocycles. The minimum atomic E-state index is -4.74. The van der Waals surface area contributed by atoms with Crippen LogP contribution in [0.1, 0.15) is 62.7 Å². The molecule has 5 amide bonds. The number of anilines is 3. The van der Waals surface area contributed by atoms with Gasteiger partial charge in [0.25, 0.3) is 17.7 Å². The standard InChI is InChI=1S/C38H38F4N10O5/c39-27-20-25(8-9-26(27)35(55)45-29-10-11-32(53)47-37(29)57)49-14-12-23(13-15-49)51-18-16-50(17-19-51)22-4-6-24(7-5-22)52-21-30(33(48-52)34(43)54)46-36(56)28-2-1-3-31(44-28)38(40,41)42/h1-9,20-21,23,29H,10-19H2,(H2,43,54)(H,45,55)(H,46,56)(H,47,53,57). The second-order valence-electron chi connectivity index (χ2n) is 14.0. The summed E-state index contributed by atoms with van der Waals surface area (Å²) in [7, 11) is 0. The molecule has 5 N–H and O–H groups in total. The summed E-state index contributed by atoms with van der Waals surface area (Å²) in [6.45, 7) is 4.66. The highest BCUT2D eigenvalue weighted by Gasteiger charge is 2.34. The molecule has 2 aromatic heterocycles. The Morgan fingerprint density at radius 3 is 2.14 bits per heavy atom. The number of carbonyl (C=O) groups excluding carboxylic acids is 5. The Labute approximate surface area is 323 Å². The maximum atomic E-state index is 15.1. The largest absolute Gasteiger partial charge is 0.433 e. The number of halogens is 4. The van der Waals surface area contributed by atoms with Gasteiger partial charge in [0.15, 0.2) is 5.69 Å². The summed E-state index contributed by atoms with van der Waals surface area (Å²) in [5.74, 6) is -4.32. The van der Waals surface area contributed by atoms with Crippen molar-refractivity contribution in [2.75, 3.05) is 54.4 Å². The molecule has 3 aliphatic rings. The molecular formula is C38H38F4N10O5. The van der Waals surface area contributed by atoms with Crippen LogP contribution in [0.25, 0.3) is 5.69 Å². The number of pyridine rings is 1. The molecule has 0 bridgehead atoms. The fourth-order valence-corrected chi connectivity index (χ4v) is 7.29. The van der Waals surface area contributed by atoms with Crippen LogP contribution in [0.4, 0.5) is 34.6 Å². The van der Waals surface area contributed by atoms with Crippen molar-refractivity contribution >= 4 is 46.6 Å². The highest BCUT2D eigenvalue weighted by atomic mass is 19.4. The number of carbonyl (C=O) groups is 5. The van der Waals surface area contributed by atoms with Crippen LogP contribution in [-0.2, 0) is 15.8 Å². The summed E-state index contributed by atoms with van der Waals surface area (Å²) in [5, 5.41) is 11.3. The lowest BCUT2D eigenvalue weighted by Crippen LogP contribution is -2.53. The average molecular weight is 791 g/mol. The van der Waals surface area contributed by atoms with Gasteiger partial charge in [-0.3, -0.25) is 34.2 Å². The molecule has 19 heteroatoms. The van der Waals surface area contributed by atoms with E-state index in [4.69, 9.17) is 5.73 Å². The van der Waals surface area contributed by atoms with Gasteiger partial charge in [-0.2, -0.15) is 18.3 Å². The highest BCUT2D eigenvalue weighted by Crippen LogP contribution is 2.29. The minimum Gasteiger partial charge on any atom is -0.371 e. The van der Waals surface area contributed by atoms with Crippen LogP contribution in [0, 0.1) is 5.82 Å². The molecule has 2 aromatic carbocycles. The van der Waals surface area contributed by atoms with Crippen molar-refractivity contribution in [1.29, 1.82) is 0 Å². The zero-order valence-electron chi connectivity index (χ0n) is 30.4. The van der Waals surface area contributed by atoms with Gasteiger partial charge in [-0.25, -0.2) is 14.1 Å². The van der Waals surface area contributed by atoms with Crippen LogP contribution in [0.2, 0.25) is 0 Å². The quantitative estimate of drug-likeness (QED) is 0.145. The van der Waals surface area contributed by atoms with E-state index in [2.05, 4.69) is 40.7 Å². The van der Waals surface area contributed by atoms with Crippen LogP contribution >= 0.6 is 0 Å². The molecule has 3 saturated heterocycles. The number of imide groups is 1. The van der Waals surface area contributed by atoms with E-state index in [9.17, 15) is 37.1 Å². The Kier molecular flexibility index (Phi) is 10.9. The molecule has 3 fully saturated rings. The van der Waals surface area contributed by atoms with Gasteiger partial charge in [0.1, 0.15) is 23.2 Å². The average Bonchev–Trinajstić information content (AvgIpc) is 3.63. The van der Waals surface area contributed by atoms with Gasteiger partial charge in [-0.15, -0.1) is 0 Å². The molecular weight excluding hydrogens is 752 g/mol. The van der Waals surface area contributed by atoms with E-state index in [1.54, 1.807) is 18.2 Å². The van der Waals surface area contributed by atoms with Crippen LogP contribution in [0.3, 0.4) is 0 Å². The zero-order chi connectivity index (χ0) is 40.4. The number of piperazine rings is 1. The van der Waals surface area contributed by atoms with Gasteiger partial charge >= 0.3 is 6.18 Å². The van der Waals surface area contributed by atoms with Gasteiger partial charge in [0.05, 0.1) is 23.1 Å². The van der Waals surface area contributed by atoms with Gasteiger partial charge in [0.2, 0.25) is 11.8 Å². The molecule has 0 spiro atoms. The number of alkyl halides is 3. The molecule has 15 nitrogen and oxygen atoms in total. The second kappa shape index (κ2) is 16.0. The van der Waals surface area contributed by atoms with Crippen molar-refractivity contribution in [3.63, 3.8) is 0 Å². The van der Waals surface area contributed by atoms with E-state index in [1.807, 2.05) is 12.1 Å². The Bertz CT molecular complexity index is 2200. The first-order valence-corrected chi connectivity index (χ1v) is 18.3. The van der Waals surface area contributed by atoms with Gasteiger partial charge in [-0.05, 0) is 73.9 Å². The fourth-order valence-electron chi connectivity index (χ4n) is 7.29. The van der Waals surface area contributed by atoms with Crippen molar-refractivity contribution in [3.05, 3.63) is 95.3 Å². The summed E-state index contributed by atoms with van der Waals surface area (Å²) in [4.78, 5) is 71.1. The topological polar surface area (TPSA) is 188 Å². The van der Waals surface area contributed by atoms with E-state index in [-0.39, 0.29) is 29.8 Å². The molecule has 7 rings (SSSR count). The van der Waals surface area contributed by atoms with Gasteiger partial charge in [0, 0.05) is 63.1 Å². The Morgan fingerprint density at radius 2 is 1.49 bits per heavy atom. The number of piperidine rings is 2. The lowest BCUT2D eigenvalue weighted by Gasteiger charge is -2.43. The van der Waals surface area contributed by atoms with Crippen molar-refractivity contribution in [2.24, 2.45) is 5.73 Å². The molecule has 0 saturated carbocycles. The maximum Gasteiger partial charge on any atom is 0.433 e. The van der Waals surface area contributed by atoms with Crippen molar-refractivity contribution in [3.8, 4) is 5.69 Å². The lowest BCUT2D eigenvalue weighted by molar-refractivity contribution is -0.141. The second-order valence-corrected chi connectivity index (χ2v) is 14.0. The summed E-state index contributed by atoms with van der Waals surface area (Å²) in [6.07, 6.45) is -1.38. The van der Waals surface area contributed by atoms with Gasteiger partial charge < -0.3 is 26.2 Å². The van der Waals surface area contributed by atoms with E-state index in [0.29, 0.717) is 30.5 Å². The number of primary amides is 1. The minimum absolute atomic E-state index is 0.0871. The van der Waals surface area contributed by atoms with Crippen molar-refractivity contribution in [1.82, 2.24) is 30.3 Å². The van der Waals surface area contributed by atoms with Crippen LogP contribution in [0.5, 0.6) is 0 Å². The first-order valence-electron chi connectivity index (χ1n) is 18.3. The van der Waals surface area contributed by atoms with E-state index in [1.165, 1.54) is 23.0 Å². The number of hydrogen-bond acceptors (Lipinski definition) is 10. The Morgan fingerprint density at radius 1 is 0.825 bits per heavy atom. The summed E-state index contributed by atoms with van der Waals surface area (Å²) < 4.78 is 55.7. The number of nitrogens with two attached hydrogens (primary N) is 1. The summed E-state index contributed by atoms with van der Waals surface area (Å²) in [5.41, 5.74) is 5.41. The summed E-state index contributed by atoms with van der Waals surface area (Å²) >= 11 is 0. The smallest absolute Gasteiger partial charge is 0.371 e. The number of aromatic nitrogens is 3. The predicted octanol–water partition coefficient (Wildman–Crippen LogP) is 3.10. The van der Waals surface area contributed by atoms with Crippen LogP contribution in [0.15, 0.2) is 66.9 Å². The molecule has 3 aliphatic heterocycles. The van der Waals surface area contributed by atoms with E-state index in [0.717, 1.165) is 62.9 Å². The number of nitrogens with zero attached hydrogens (tertiary/aromatic N) is 6. The molecule has 298 valence electrons. The molecule has 57 heavy (non-hydrogen) atoms. The lowest BCUT2D eigenvalue weighted by atomic mass is 10.0. The molecule has 1 atom stereocenters. The number of nitrogens with one attached hydrogen (secondary N) is 3. The number of hydrogen-bond donors (Lipinski definition) is 4. The molecule has 1 unspecified atom stereocenters. The molecule has 4 aromatic rings. The Hall–Kier alpha value is -6.37. The van der Waals surface area contributed by atoms with E-state index >= 15 is 4.39 Å². The third-order valence-corrected chi connectivity index (χ3v) is 10.3. The molecule has 0 aliphatic carbocycles. The van der Waals surface area contributed by atoms with Gasteiger partial charge in [-0.1, -0.05) is 6.07 Å². The number of rotatable bonds is 9. The monoisotopic (exact) mass is 790 g/mol. The first kappa shape index (κ1) is 38.9. The van der Waals surface area contributed by atoms with E-state index < -0.39 is 59.0 Å². The highest BCUT2D eigenvalue weighted by molar-refractivity contribution is 6.07. The maximum absolute atomic E-state index is 15.1. The third kappa shape index (κ3) is 8.72. The SMILES string of the molecule is NC(=O)c1nn(-c2ccc(N3CCN(C4CCN(c5ccc(C(=O)NC6CCC(=O)NC6=O)c(F)c5)CC4)CC3)cc2)cc1NC(=O)c1cccc(C(F)(F)F)n1. The van der Waals surface area contributed by atoms with Crippen LogP contribution in [-0.4, -0.2) is 101 Å². The fraction of sp³-hybridized carbons (Fsp3) is 0.342. The predicted molar refractivity (Wildman–Crippen MR) is 198 cm³/mol. The first-order chi connectivity index (χ1) is 27.2. The third-order valence-electron chi connectivity index (χ3n) is 10.3. The Balaban J connectivity index is 0.903. The number of benzene rings is 2.